The summed E-state index contributed by atoms with van der Waals surface area (Å²) < 4.78 is 4.57. The molecule has 0 aliphatic carbocycles. The Kier molecular flexibility index (Phi) is 3.47. The summed E-state index contributed by atoms with van der Waals surface area (Å²) in [6, 6.07) is 6.54. The van der Waals surface area contributed by atoms with Gasteiger partial charge in [0.2, 0.25) is 0 Å². The minimum Gasteiger partial charge on any atom is -0.465 e. The summed E-state index contributed by atoms with van der Waals surface area (Å²) in [4.78, 5) is 33.8. The third kappa shape index (κ3) is 2.60. The van der Waals surface area contributed by atoms with Gasteiger partial charge in [0.25, 0.3) is 11.1 Å². The van der Waals surface area contributed by atoms with Crippen molar-refractivity contribution >= 4 is 35.0 Å². The number of rotatable bonds is 2. The van der Waals surface area contributed by atoms with Gasteiger partial charge in [-0.05, 0) is 35.5 Å². The number of thioether (sulfide) groups is 1. The predicted octanol–water partition coefficient (Wildman–Crippen LogP) is 1.80. The van der Waals surface area contributed by atoms with Crippen molar-refractivity contribution in [2.24, 2.45) is 0 Å². The zero-order valence-electron chi connectivity index (χ0n) is 9.43. The van der Waals surface area contributed by atoms with Crippen molar-refractivity contribution < 1.29 is 19.1 Å². The van der Waals surface area contributed by atoms with Crippen molar-refractivity contribution in [1.29, 1.82) is 0 Å². The Labute approximate surface area is 107 Å². The average Bonchev–Trinajstić information content (AvgIpc) is 2.68. The Balaban J connectivity index is 2.21. The number of carbonyl (C=O) groups is 3. The van der Waals surface area contributed by atoms with E-state index in [2.05, 4.69) is 10.1 Å². The van der Waals surface area contributed by atoms with E-state index in [-0.39, 0.29) is 5.24 Å². The third-order valence-electron chi connectivity index (χ3n) is 2.27. The Morgan fingerprint density at radius 3 is 2.44 bits per heavy atom. The Bertz CT molecular complexity index is 548. The lowest BCUT2D eigenvalue weighted by molar-refractivity contribution is -0.115. The monoisotopic (exact) mass is 263 g/mol. The number of amides is 2. The number of carbonyl (C=O) groups excluding carboxylic acids is 3. The van der Waals surface area contributed by atoms with Crippen LogP contribution in [0.3, 0.4) is 0 Å². The van der Waals surface area contributed by atoms with E-state index in [1.165, 1.54) is 7.11 Å². The van der Waals surface area contributed by atoms with E-state index >= 15 is 0 Å². The predicted molar refractivity (Wildman–Crippen MR) is 66.9 cm³/mol. The maximum atomic E-state index is 11.3. The highest BCUT2D eigenvalue weighted by atomic mass is 32.2. The molecule has 2 amide bonds. The smallest absolute Gasteiger partial charge is 0.337 e. The van der Waals surface area contributed by atoms with Gasteiger partial charge in [-0.2, -0.15) is 0 Å². The van der Waals surface area contributed by atoms with Crippen LogP contribution < -0.4 is 5.32 Å². The summed E-state index contributed by atoms with van der Waals surface area (Å²) >= 11 is 0.853. The summed E-state index contributed by atoms with van der Waals surface area (Å²) in [7, 11) is 1.31. The van der Waals surface area contributed by atoms with Gasteiger partial charge in [-0.1, -0.05) is 12.1 Å². The number of benzene rings is 1. The van der Waals surface area contributed by atoms with Crippen LogP contribution in [-0.2, 0) is 9.53 Å². The van der Waals surface area contributed by atoms with Gasteiger partial charge in [-0.3, -0.25) is 14.9 Å². The Morgan fingerprint density at radius 2 is 1.94 bits per heavy atom. The highest BCUT2D eigenvalue weighted by Gasteiger charge is 2.24. The molecule has 6 heteroatoms. The van der Waals surface area contributed by atoms with Gasteiger partial charge in [0.05, 0.1) is 17.6 Å². The fraction of sp³-hybridized carbons (Fsp3) is 0.0833. The molecule has 1 aliphatic heterocycles. The van der Waals surface area contributed by atoms with Gasteiger partial charge >= 0.3 is 5.97 Å². The molecular weight excluding hydrogens is 254 g/mol. The van der Waals surface area contributed by atoms with Gasteiger partial charge in [0.1, 0.15) is 0 Å². The number of imide groups is 1. The van der Waals surface area contributed by atoms with Crippen LogP contribution in [0.4, 0.5) is 4.79 Å². The topological polar surface area (TPSA) is 72.5 Å². The second kappa shape index (κ2) is 5.05. The van der Waals surface area contributed by atoms with Crippen LogP contribution in [0.25, 0.3) is 6.08 Å². The Hall–Kier alpha value is -2.08. The maximum Gasteiger partial charge on any atom is 0.337 e. The second-order valence-electron chi connectivity index (χ2n) is 3.47. The van der Waals surface area contributed by atoms with Crippen LogP contribution in [0.5, 0.6) is 0 Å². The zero-order chi connectivity index (χ0) is 13.1. The van der Waals surface area contributed by atoms with E-state index in [4.69, 9.17) is 0 Å². The highest BCUT2D eigenvalue weighted by molar-refractivity contribution is 8.18. The number of methoxy groups -OCH3 is 1. The van der Waals surface area contributed by atoms with Crippen LogP contribution in [0.2, 0.25) is 0 Å². The lowest BCUT2D eigenvalue weighted by atomic mass is 10.1. The van der Waals surface area contributed by atoms with E-state index in [0.29, 0.717) is 10.5 Å². The first-order valence-corrected chi connectivity index (χ1v) is 5.85. The molecule has 18 heavy (non-hydrogen) atoms. The Morgan fingerprint density at radius 1 is 1.28 bits per heavy atom. The van der Waals surface area contributed by atoms with Crippen LogP contribution in [-0.4, -0.2) is 24.2 Å². The summed E-state index contributed by atoms with van der Waals surface area (Å²) in [5, 5.41) is 1.79. The molecule has 0 unspecified atom stereocenters. The fourth-order valence-corrected chi connectivity index (χ4v) is 2.09. The van der Waals surface area contributed by atoms with Crippen LogP contribution >= 0.6 is 11.8 Å². The molecule has 0 bridgehead atoms. The third-order valence-corrected chi connectivity index (χ3v) is 3.08. The zero-order valence-corrected chi connectivity index (χ0v) is 10.2. The number of hydrogen-bond donors (Lipinski definition) is 1. The molecule has 0 atom stereocenters. The SMILES string of the molecule is COC(=O)c1ccc(C=C2SC(=O)NC2=O)cc1. The first-order valence-electron chi connectivity index (χ1n) is 5.03. The van der Waals surface area contributed by atoms with Gasteiger partial charge < -0.3 is 4.74 Å². The lowest BCUT2D eigenvalue weighted by Crippen LogP contribution is -2.17. The summed E-state index contributed by atoms with van der Waals surface area (Å²) in [6.45, 7) is 0. The molecule has 1 N–H and O–H groups in total. The van der Waals surface area contributed by atoms with Crippen molar-refractivity contribution in [3.63, 3.8) is 0 Å². The largest absolute Gasteiger partial charge is 0.465 e. The standard InChI is InChI=1S/C12H9NO4S/c1-17-11(15)8-4-2-7(3-5-8)6-9-10(14)13-12(16)18-9/h2-6H,1H3,(H,13,14,16). The van der Waals surface area contributed by atoms with E-state index < -0.39 is 11.9 Å². The number of hydrogen-bond acceptors (Lipinski definition) is 5. The van der Waals surface area contributed by atoms with E-state index in [1.54, 1.807) is 30.3 Å². The fourth-order valence-electron chi connectivity index (χ4n) is 1.41. The van der Waals surface area contributed by atoms with E-state index in [0.717, 1.165) is 17.3 Å². The van der Waals surface area contributed by atoms with Gasteiger partial charge in [-0.15, -0.1) is 0 Å². The summed E-state index contributed by atoms with van der Waals surface area (Å²) in [5.74, 6) is -0.820. The van der Waals surface area contributed by atoms with Crippen LogP contribution in [0.1, 0.15) is 15.9 Å². The normalized spacial score (nSPS) is 16.8. The first kappa shape index (κ1) is 12.4. The average molecular weight is 263 g/mol. The molecule has 2 rings (SSSR count). The van der Waals surface area contributed by atoms with E-state index in [9.17, 15) is 14.4 Å². The quantitative estimate of drug-likeness (QED) is 0.650. The summed E-state index contributed by atoms with van der Waals surface area (Å²) in [6.07, 6.45) is 1.59. The van der Waals surface area contributed by atoms with Crippen molar-refractivity contribution in [3.05, 3.63) is 40.3 Å². The molecule has 0 spiro atoms. The number of nitrogens with one attached hydrogen (secondary N) is 1. The van der Waals surface area contributed by atoms with Crippen molar-refractivity contribution in [3.8, 4) is 0 Å². The van der Waals surface area contributed by atoms with Gasteiger partial charge in [0, 0.05) is 0 Å². The lowest BCUT2D eigenvalue weighted by Gasteiger charge is -1.99. The number of ether oxygens (including phenoxy) is 1. The minimum atomic E-state index is -0.419. The molecular formula is C12H9NO4S. The van der Waals surface area contributed by atoms with Gasteiger partial charge in [0.15, 0.2) is 0 Å². The van der Waals surface area contributed by atoms with Crippen LogP contribution in [0.15, 0.2) is 29.2 Å². The molecule has 1 fully saturated rings. The molecule has 1 saturated heterocycles. The first-order chi connectivity index (χ1) is 8.60. The molecule has 1 aliphatic rings. The van der Waals surface area contributed by atoms with Crippen molar-refractivity contribution in [1.82, 2.24) is 5.32 Å². The molecule has 1 aromatic carbocycles. The van der Waals surface area contributed by atoms with Gasteiger partial charge in [-0.25, -0.2) is 4.79 Å². The van der Waals surface area contributed by atoms with Crippen molar-refractivity contribution in [2.45, 2.75) is 0 Å². The molecule has 1 heterocycles. The molecule has 92 valence electrons. The summed E-state index contributed by atoms with van der Waals surface area (Å²) in [5.41, 5.74) is 1.16. The second-order valence-corrected chi connectivity index (χ2v) is 4.48. The molecule has 0 radical (unpaired) electrons. The van der Waals surface area contributed by atoms with E-state index in [1.807, 2.05) is 0 Å². The van der Waals surface area contributed by atoms with Crippen molar-refractivity contribution in [2.75, 3.05) is 7.11 Å². The maximum absolute atomic E-state index is 11.3. The minimum absolute atomic E-state index is 0.339. The van der Waals surface area contributed by atoms with Crippen LogP contribution in [0, 0.1) is 0 Å². The molecule has 0 aromatic heterocycles. The number of esters is 1. The molecule has 1 aromatic rings. The molecule has 5 nitrogen and oxygen atoms in total. The highest BCUT2D eigenvalue weighted by Crippen LogP contribution is 2.25. The molecule has 0 saturated carbocycles.